The summed E-state index contributed by atoms with van der Waals surface area (Å²) >= 11 is 0. The summed E-state index contributed by atoms with van der Waals surface area (Å²) in [7, 11) is 0. The zero-order valence-corrected chi connectivity index (χ0v) is 7.27. The van der Waals surface area contributed by atoms with Gasteiger partial charge < -0.3 is 10.7 Å². The molecule has 15 heavy (non-hydrogen) atoms. The molecule has 0 radical (unpaired) electrons. The third kappa shape index (κ3) is 1.34. The first-order chi connectivity index (χ1) is 7.00. The Balaban J connectivity index is 2.85. The summed E-state index contributed by atoms with van der Waals surface area (Å²) in [5.74, 6) is -4.38. The number of hydrogen-bond acceptors (Lipinski definition) is 1. The van der Waals surface area contributed by atoms with Gasteiger partial charge >= 0.3 is 0 Å². The van der Waals surface area contributed by atoms with Crippen LogP contribution in [0, 0.1) is 17.5 Å². The summed E-state index contributed by atoms with van der Waals surface area (Å²) in [6, 6.07) is 1.45. The third-order valence-electron chi connectivity index (χ3n) is 2.02. The largest absolute Gasteiger partial charge is 0.364 e. The molecule has 2 rings (SSSR count). The molecule has 0 bridgehead atoms. The van der Waals surface area contributed by atoms with E-state index in [2.05, 4.69) is 4.98 Å². The van der Waals surface area contributed by atoms with Crippen LogP contribution < -0.4 is 5.73 Å². The van der Waals surface area contributed by atoms with E-state index in [4.69, 9.17) is 5.73 Å². The third-order valence-corrected chi connectivity index (χ3v) is 2.02. The second-order valence-electron chi connectivity index (χ2n) is 2.99. The number of nitrogens with two attached hydrogens (primary N) is 1. The highest BCUT2D eigenvalue weighted by atomic mass is 19.2. The van der Waals surface area contributed by atoms with Crippen molar-refractivity contribution in [1.82, 2.24) is 4.98 Å². The Morgan fingerprint density at radius 3 is 2.47 bits per heavy atom. The molecule has 1 aromatic heterocycles. The van der Waals surface area contributed by atoms with Gasteiger partial charge in [0.05, 0.1) is 5.52 Å². The first-order valence-electron chi connectivity index (χ1n) is 3.96. The van der Waals surface area contributed by atoms with E-state index in [-0.39, 0.29) is 11.1 Å². The summed E-state index contributed by atoms with van der Waals surface area (Å²) in [6.45, 7) is 0. The predicted octanol–water partition coefficient (Wildman–Crippen LogP) is 1.68. The predicted molar refractivity (Wildman–Crippen MR) is 46.7 cm³/mol. The Bertz CT molecular complexity index is 562. The molecular formula is C9H5F3N2O. The number of aromatic amines is 1. The quantitative estimate of drug-likeness (QED) is 0.697. The van der Waals surface area contributed by atoms with Gasteiger partial charge in [-0.25, -0.2) is 13.2 Å². The molecule has 0 aliphatic carbocycles. The van der Waals surface area contributed by atoms with E-state index in [1.807, 2.05) is 0 Å². The maximum atomic E-state index is 13.1. The fourth-order valence-electron chi connectivity index (χ4n) is 1.32. The Hall–Kier alpha value is -1.98. The lowest BCUT2D eigenvalue weighted by Gasteiger charge is -1.95. The number of carbonyl (C=O) groups is 1. The molecule has 6 heteroatoms. The molecule has 3 N–H and O–H groups in total. The van der Waals surface area contributed by atoms with Crippen LogP contribution in [0.15, 0.2) is 12.1 Å². The Morgan fingerprint density at radius 2 is 1.87 bits per heavy atom. The van der Waals surface area contributed by atoms with Crippen LogP contribution in [0.1, 0.15) is 10.5 Å². The van der Waals surface area contributed by atoms with Crippen LogP contribution in [0.3, 0.4) is 0 Å². The molecule has 0 spiro atoms. The van der Waals surface area contributed by atoms with Crippen LogP contribution >= 0.6 is 0 Å². The number of aromatic nitrogens is 1. The number of H-pyrrole nitrogens is 1. The van der Waals surface area contributed by atoms with Crippen molar-refractivity contribution in [3.8, 4) is 0 Å². The molecule has 0 saturated heterocycles. The standard InChI is InChI=1S/C9H5F3N2O/c10-4-2-5(11)7(12)8-3(4)1-6(14-8)9(13)15/h1-2,14H,(H2,13,15). The number of carbonyl (C=O) groups excluding carboxylic acids is 1. The van der Waals surface area contributed by atoms with Crippen molar-refractivity contribution in [3.05, 3.63) is 35.3 Å². The summed E-state index contributed by atoms with van der Waals surface area (Å²) in [6.07, 6.45) is 0. The summed E-state index contributed by atoms with van der Waals surface area (Å²) in [4.78, 5) is 12.9. The van der Waals surface area contributed by atoms with Crippen molar-refractivity contribution in [2.75, 3.05) is 0 Å². The van der Waals surface area contributed by atoms with Crippen LogP contribution in [0.4, 0.5) is 13.2 Å². The van der Waals surface area contributed by atoms with Gasteiger partial charge in [-0.2, -0.15) is 0 Å². The molecule has 0 aliphatic rings. The van der Waals surface area contributed by atoms with Gasteiger partial charge in [-0.15, -0.1) is 0 Å². The van der Waals surface area contributed by atoms with Crippen LogP contribution in [-0.4, -0.2) is 10.9 Å². The molecule has 0 saturated carbocycles. The van der Waals surface area contributed by atoms with Crippen molar-refractivity contribution in [3.63, 3.8) is 0 Å². The zero-order chi connectivity index (χ0) is 11.2. The molecule has 2 aromatic rings. The summed E-state index contributed by atoms with van der Waals surface area (Å²) in [5, 5.41) is -0.206. The minimum Gasteiger partial charge on any atom is -0.364 e. The Kier molecular flexibility index (Phi) is 1.92. The van der Waals surface area contributed by atoms with Crippen molar-refractivity contribution >= 4 is 16.8 Å². The number of hydrogen-bond donors (Lipinski definition) is 2. The van der Waals surface area contributed by atoms with Crippen LogP contribution in [-0.2, 0) is 0 Å². The van der Waals surface area contributed by atoms with Gasteiger partial charge in [0.25, 0.3) is 5.91 Å². The van der Waals surface area contributed by atoms with Crippen LogP contribution in [0.5, 0.6) is 0 Å². The SMILES string of the molecule is NC(=O)c1cc2c(F)cc(F)c(F)c2[nH]1. The van der Waals surface area contributed by atoms with Crippen molar-refractivity contribution in [2.24, 2.45) is 5.73 Å². The molecule has 1 aromatic carbocycles. The smallest absolute Gasteiger partial charge is 0.265 e. The average molecular weight is 214 g/mol. The minimum atomic E-state index is -1.32. The first kappa shape index (κ1) is 9.57. The number of benzene rings is 1. The number of primary amides is 1. The van der Waals surface area contributed by atoms with Crippen molar-refractivity contribution < 1.29 is 18.0 Å². The van der Waals surface area contributed by atoms with Crippen molar-refractivity contribution in [2.45, 2.75) is 0 Å². The van der Waals surface area contributed by atoms with E-state index in [0.29, 0.717) is 6.07 Å². The molecule has 0 aliphatic heterocycles. The molecular weight excluding hydrogens is 209 g/mol. The zero-order valence-electron chi connectivity index (χ0n) is 7.27. The maximum absolute atomic E-state index is 13.1. The second kappa shape index (κ2) is 3.01. The van der Waals surface area contributed by atoms with Gasteiger partial charge in [-0.1, -0.05) is 0 Å². The fourth-order valence-corrected chi connectivity index (χ4v) is 1.32. The Labute approximate surface area is 81.7 Å². The van der Waals surface area contributed by atoms with Gasteiger partial charge in [0.1, 0.15) is 11.5 Å². The summed E-state index contributed by atoms with van der Waals surface area (Å²) in [5.41, 5.74) is 4.33. The van der Waals surface area contributed by atoms with Crippen LogP contribution in [0.25, 0.3) is 10.9 Å². The van der Waals surface area contributed by atoms with Crippen LogP contribution in [0.2, 0.25) is 0 Å². The highest BCUT2D eigenvalue weighted by Gasteiger charge is 2.16. The molecule has 3 nitrogen and oxygen atoms in total. The van der Waals surface area contributed by atoms with E-state index >= 15 is 0 Å². The van der Waals surface area contributed by atoms with Gasteiger partial charge in [0.15, 0.2) is 11.6 Å². The lowest BCUT2D eigenvalue weighted by Crippen LogP contribution is -2.10. The van der Waals surface area contributed by atoms with Gasteiger partial charge in [0, 0.05) is 11.5 Å². The van der Waals surface area contributed by atoms with E-state index in [0.717, 1.165) is 6.07 Å². The average Bonchev–Trinajstić information content (AvgIpc) is 2.59. The number of halogens is 3. The second-order valence-corrected chi connectivity index (χ2v) is 2.99. The number of rotatable bonds is 1. The highest BCUT2D eigenvalue weighted by Crippen LogP contribution is 2.23. The lowest BCUT2D eigenvalue weighted by atomic mass is 10.2. The van der Waals surface area contributed by atoms with Gasteiger partial charge in [-0.3, -0.25) is 4.79 Å². The molecule has 78 valence electrons. The maximum Gasteiger partial charge on any atom is 0.265 e. The monoisotopic (exact) mass is 214 g/mol. The van der Waals surface area contributed by atoms with Gasteiger partial charge in [0.2, 0.25) is 0 Å². The molecule has 0 fully saturated rings. The van der Waals surface area contributed by atoms with E-state index in [9.17, 15) is 18.0 Å². The Morgan fingerprint density at radius 1 is 1.20 bits per heavy atom. The minimum absolute atomic E-state index is 0.173. The normalized spacial score (nSPS) is 10.9. The number of amides is 1. The molecule has 1 amide bonds. The molecule has 0 unspecified atom stereocenters. The highest BCUT2D eigenvalue weighted by molar-refractivity contribution is 5.97. The van der Waals surface area contributed by atoms with E-state index < -0.39 is 28.9 Å². The van der Waals surface area contributed by atoms with E-state index in [1.54, 1.807) is 0 Å². The van der Waals surface area contributed by atoms with Crippen molar-refractivity contribution in [1.29, 1.82) is 0 Å². The lowest BCUT2D eigenvalue weighted by molar-refractivity contribution is 0.0996. The number of fused-ring (bicyclic) bond motifs is 1. The van der Waals surface area contributed by atoms with Gasteiger partial charge in [-0.05, 0) is 6.07 Å². The fraction of sp³-hybridized carbons (Fsp3) is 0. The number of nitrogens with one attached hydrogen (secondary N) is 1. The topological polar surface area (TPSA) is 58.9 Å². The first-order valence-corrected chi connectivity index (χ1v) is 3.96. The summed E-state index contributed by atoms with van der Waals surface area (Å²) < 4.78 is 39.0. The molecule has 0 atom stereocenters. The molecule has 1 heterocycles. The van der Waals surface area contributed by atoms with E-state index in [1.165, 1.54) is 0 Å².